The minimum absolute atomic E-state index is 0.0170. The standard InChI is InChI=1S/C14H18BrNO3/c1-14(2,8-15)9-16-13(17)12-7-18-10-5-3-4-6-11(10)19-12/h3-6,12H,7-9H2,1-2H3,(H,16,17). The van der Waals surface area contributed by atoms with Crippen LogP contribution in [0.2, 0.25) is 0 Å². The number of fused-ring (bicyclic) bond motifs is 1. The highest BCUT2D eigenvalue weighted by molar-refractivity contribution is 9.09. The lowest BCUT2D eigenvalue weighted by molar-refractivity contribution is -0.130. The Morgan fingerprint density at radius 1 is 1.42 bits per heavy atom. The molecule has 1 aliphatic rings. The van der Waals surface area contributed by atoms with Crippen LogP contribution in [0.1, 0.15) is 13.8 Å². The first-order valence-corrected chi connectivity index (χ1v) is 7.36. The second-order valence-electron chi connectivity index (χ2n) is 5.38. The molecule has 0 aromatic heterocycles. The van der Waals surface area contributed by atoms with Crippen LogP contribution in [0.25, 0.3) is 0 Å². The SMILES string of the molecule is CC(C)(CBr)CNC(=O)C1COc2ccccc2O1. The van der Waals surface area contributed by atoms with Gasteiger partial charge in [-0.05, 0) is 17.5 Å². The van der Waals surface area contributed by atoms with Crippen molar-refractivity contribution in [2.75, 3.05) is 18.5 Å². The normalized spacial score (nSPS) is 17.9. The van der Waals surface area contributed by atoms with Crippen molar-refractivity contribution in [3.8, 4) is 11.5 Å². The van der Waals surface area contributed by atoms with E-state index in [0.717, 1.165) is 5.33 Å². The molecule has 2 rings (SSSR count). The highest BCUT2D eigenvalue weighted by Crippen LogP contribution is 2.30. The summed E-state index contributed by atoms with van der Waals surface area (Å²) >= 11 is 3.43. The van der Waals surface area contributed by atoms with Crippen LogP contribution in [0.15, 0.2) is 24.3 Å². The Kier molecular flexibility index (Phi) is 4.34. The number of halogens is 1. The molecule has 5 heteroatoms. The van der Waals surface area contributed by atoms with Gasteiger partial charge in [0.15, 0.2) is 11.5 Å². The second kappa shape index (κ2) is 5.82. The van der Waals surface area contributed by atoms with E-state index in [1.807, 2.05) is 18.2 Å². The number of carbonyl (C=O) groups excluding carboxylic acids is 1. The molecular weight excluding hydrogens is 310 g/mol. The molecule has 0 saturated heterocycles. The largest absolute Gasteiger partial charge is 0.485 e. The summed E-state index contributed by atoms with van der Waals surface area (Å²) in [5.41, 5.74) is 0.0170. The lowest BCUT2D eigenvalue weighted by atomic mass is 9.97. The first kappa shape index (κ1) is 14.2. The Labute approximate surface area is 121 Å². The van der Waals surface area contributed by atoms with Crippen molar-refractivity contribution in [2.45, 2.75) is 20.0 Å². The molecule has 1 aliphatic heterocycles. The quantitative estimate of drug-likeness (QED) is 0.863. The first-order valence-electron chi connectivity index (χ1n) is 6.24. The van der Waals surface area contributed by atoms with E-state index in [-0.39, 0.29) is 17.9 Å². The van der Waals surface area contributed by atoms with E-state index in [4.69, 9.17) is 9.47 Å². The summed E-state index contributed by atoms with van der Waals surface area (Å²) in [5.74, 6) is 1.17. The molecule has 0 bridgehead atoms. The molecule has 104 valence electrons. The number of amides is 1. The van der Waals surface area contributed by atoms with E-state index < -0.39 is 6.10 Å². The van der Waals surface area contributed by atoms with E-state index >= 15 is 0 Å². The van der Waals surface area contributed by atoms with Crippen LogP contribution < -0.4 is 14.8 Å². The molecule has 1 aromatic rings. The van der Waals surface area contributed by atoms with E-state index in [1.165, 1.54) is 0 Å². The molecule has 1 N–H and O–H groups in total. The van der Waals surface area contributed by atoms with Crippen molar-refractivity contribution in [1.29, 1.82) is 0 Å². The van der Waals surface area contributed by atoms with Gasteiger partial charge in [-0.25, -0.2) is 0 Å². The molecule has 0 fully saturated rings. The van der Waals surface area contributed by atoms with E-state index in [2.05, 4.69) is 35.1 Å². The van der Waals surface area contributed by atoms with Crippen LogP contribution in [0.3, 0.4) is 0 Å². The zero-order chi connectivity index (χ0) is 13.9. The third kappa shape index (κ3) is 3.62. The zero-order valence-corrected chi connectivity index (χ0v) is 12.7. The third-order valence-corrected chi connectivity index (χ3v) is 4.42. The van der Waals surface area contributed by atoms with Crippen LogP contribution in [0, 0.1) is 5.41 Å². The number of benzene rings is 1. The molecule has 0 aliphatic carbocycles. The van der Waals surface area contributed by atoms with E-state index in [9.17, 15) is 4.79 Å². The van der Waals surface area contributed by atoms with Crippen molar-refractivity contribution in [2.24, 2.45) is 5.41 Å². The number of rotatable bonds is 4. The number of hydrogen-bond donors (Lipinski definition) is 1. The lowest BCUT2D eigenvalue weighted by Crippen LogP contribution is -2.46. The fourth-order valence-corrected chi connectivity index (χ4v) is 1.83. The van der Waals surface area contributed by atoms with E-state index in [1.54, 1.807) is 6.07 Å². The summed E-state index contributed by atoms with van der Waals surface area (Å²) in [6.45, 7) is 5.00. The molecule has 1 aromatic carbocycles. The fourth-order valence-electron chi connectivity index (χ4n) is 1.64. The van der Waals surface area contributed by atoms with Gasteiger partial charge in [-0.3, -0.25) is 4.79 Å². The monoisotopic (exact) mass is 327 g/mol. The molecule has 0 saturated carbocycles. The minimum atomic E-state index is -0.582. The molecule has 1 heterocycles. The smallest absolute Gasteiger partial charge is 0.264 e. The molecule has 1 atom stereocenters. The third-order valence-electron chi connectivity index (χ3n) is 2.90. The predicted octanol–water partition coefficient (Wildman–Crippen LogP) is 2.36. The lowest BCUT2D eigenvalue weighted by Gasteiger charge is -2.27. The average Bonchev–Trinajstić information content (AvgIpc) is 2.44. The Hall–Kier alpha value is -1.23. The topological polar surface area (TPSA) is 47.6 Å². The maximum atomic E-state index is 12.0. The molecule has 0 spiro atoms. The van der Waals surface area contributed by atoms with Gasteiger partial charge in [-0.2, -0.15) is 0 Å². The van der Waals surface area contributed by atoms with Crippen molar-refractivity contribution in [3.63, 3.8) is 0 Å². The first-order chi connectivity index (χ1) is 9.02. The summed E-state index contributed by atoms with van der Waals surface area (Å²) in [5, 5.41) is 3.72. The van der Waals surface area contributed by atoms with Gasteiger partial charge in [0, 0.05) is 11.9 Å². The number of hydrogen-bond acceptors (Lipinski definition) is 3. The van der Waals surface area contributed by atoms with Gasteiger partial charge in [0.25, 0.3) is 5.91 Å². The number of nitrogens with one attached hydrogen (secondary N) is 1. The van der Waals surface area contributed by atoms with Crippen LogP contribution in [-0.2, 0) is 4.79 Å². The minimum Gasteiger partial charge on any atom is -0.485 e. The van der Waals surface area contributed by atoms with Gasteiger partial charge in [-0.1, -0.05) is 41.9 Å². The molecule has 1 amide bonds. The second-order valence-corrected chi connectivity index (χ2v) is 5.94. The van der Waals surface area contributed by atoms with Crippen molar-refractivity contribution >= 4 is 21.8 Å². The van der Waals surface area contributed by atoms with Crippen LogP contribution in [0.5, 0.6) is 11.5 Å². The molecular formula is C14H18BrNO3. The summed E-state index contributed by atoms with van der Waals surface area (Å²) in [7, 11) is 0. The van der Waals surface area contributed by atoms with Crippen molar-refractivity contribution < 1.29 is 14.3 Å². The van der Waals surface area contributed by atoms with Crippen molar-refractivity contribution in [3.05, 3.63) is 24.3 Å². The Bertz CT molecular complexity index is 462. The average molecular weight is 328 g/mol. The molecule has 1 unspecified atom stereocenters. The fraction of sp³-hybridized carbons (Fsp3) is 0.500. The van der Waals surface area contributed by atoms with Crippen LogP contribution >= 0.6 is 15.9 Å². The van der Waals surface area contributed by atoms with Gasteiger partial charge >= 0.3 is 0 Å². The van der Waals surface area contributed by atoms with Crippen LogP contribution in [-0.4, -0.2) is 30.5 Å². The van der Waals surface area contributed by atoms with Gasteiger partial charge < -0.3 is 14.8 Å². The van der Waals surface area contributed by atoms with Gasteiger partial charge in [0.1, 0.15) is 6.61 Å². The Morgan fingerprint density at radius 3 is 2.79 bits per heavy atom. The number of para-hydroxylation sites is 2. The Morgan fingerprint density at radius 2 is 2.11 bits per heavy atom. The molecule has 4 nitrogen and oxygen atoms in total. The van der Waals surface area contributed by atoms with E-state index in [0.29, 0.717) is 18.0 Å². The molecule has 0 radical (unpaired) electrons. The highest BCUT2D eigenvalue weighted by Gasteiger charge is 2.28. The zero-order valence-electron chi connectivity index (χ0n) is 11.1. The number of carbonyl (C=O) groups is 1. The number of alkyl halides is 1. The highest BCUT2D eigenvalue weighted by atomic mass is 79.9. The summed E-state index contributed by atoms with van der Waals surface area (Å²) in [6, 6.07) is 7.37. The van der Waals surface area contributed by atoms with Crippen molar-refractivity contribution in [1.82, 2.24) is 5.32 Å². The van der Waals surface area contributed by atoms with Gasteiger partial charge in [-0.15, -0.1) is 0 Å². The van der Waals surface area contributed by atoms with Gasteiger partial charge in [0.2, 0.25) is 6.10 Å². The maximum absolute atomic E-state index is 12.0. The maximum Gasteiger partial charge on any atom is 0.264 e. The predicted molar refractivity (Wildman–Crippen MR) is 76.9 cm³/mol. The van der Waals surface area contributed by atoms with Crippen LogP contribution in [0.4, 0.5) is 0 Å². The summed E-state index contributed by atoms with van der Waals surface area (Å²) in [6.07, 6.45) is -0.582. The Balaban J connectivity index is 1.92. The number of ether oxygens (including phenoxy) is 2. The van der Waals surface area contributed by atoms with Gasteiger partial charge in [0.05, 0.1) is 0 Å². The summed E-state index contributed by atoms with van der Waals surface area (Å²) < 4.78 is 11.2. The molecule has 19 heavy (non-hydrogen) atoms. The summed E-state index contributed by atoms with van der Waals surface area (Å²) in [4.78, 5) is 12.0.